The Morgan fingerprint density at radius 3 is 2.56 bits per heavy atom. The molecule has 90 valence electrons. The van der Waals surface area contributed by atoms with Gasteiger partial charge in [-0.15, -0.1) is 0 Å². The van der Waals surface area contributed by atoms with Crippen LogP contribution in [0.4, 0.5) is 0 Å². The summed E-state index contributed by atoms with van der Waals surface area (Å²) in [5, 5.41) is 31.3. The fraction of sp³-hybridized carbons (Fsp3) is 0.500. The normalized spacial score (nSPS) is 14.7. The van der Waals surface area contributed by atoms with Gasteiger partial charge in [-0.25, -0.2) is 0 Å². The molecule has 2 atom stereocenters. The predicted octanol–water partition coefficient (Wildman–Crippen LogP) is 1.52. The minimum absolute atomic E-state index is 0.0436. The Hall–Kier alpha value is -1.26. The van der Waals surface area contributed by atoms with Crippen LogP contribution in [0.15, 0.2) is 18.2 Å². The maximum Gasteiger partial charge on any atom is 0.124 e. The lowest BCUT2D eigenvalue weighted by Gasteiger charge is -2.17. The van der Waals surface area contributed by atoms with Crippen LogP contribution in [0.5, 0.6) is 11.5 Å². The Labute approximate surface area is 95.6 Å². The zero-order valence-electron chi connectivity index (χ0n) is 9.64. The van der Waals surface area contributed by atoms with Crippen molar-refractivity contribution in [1.29, 1.82) is 0 Å². The van der Waals surface area contributed by atoms with Gasteiger partial charge in [0, 0.05) is 24.2 Å². The SMILES string of the molecule is CCC(O)CNC(C)c1ccc(O)cc1O. The van der Waals surface area contributed by atoms with Crippen molar-refractivity contribution in [1.82, 2.24) is 5.32 Å². The van der Waals surface area contributed by atoms with Crippen LogP contribution < -0.4 is 5.32 Å². The van der Waals surface area contributed by atoms with Gasteiger partial charge in [-0.3, -0.25) is 0 Å². The average molecular weight is 225 g/mol. The van der Waals surface area contributed by atoms with Gasteiger partial charge in [0.2, 0.25) is 0 Å². The quantitative estimate of drug-likeness (QED) is 0.613. The standard InChI is InChI=1S/C12H19NO3/c1-3-9(14)7-13-8(2)11-5-4-10(15)6-12(11)16/h4-6,8-9,13-16H,3,7H2,1-2H3. The number of hydrogen-bond acceptors (Lipinski definition) is 4. The van der Waals surface area contributed by atoms with E-state index in [1.54, 1.807) is 6.07 Å². The van der Waals surface area contributed by atoms with E-state index in [1.165, 1.54) is 12.1 Å². The van der Waals surface area contributed by atoms with Gasteiger partial charge >= 0.3 is 0 Å². The molecule has 0 aromatic heterocycles. The number of benzene rings is 1. The van der Waals surface area contributed by atoms with Crippen molar-refractivity contribution in [2.75, 3.05) is 6.54 Å². The third-order valence-corrected chi connectivity index (χ3v) is 2.61. The first kappa shape index (κ1) is 12.8. The number of aliphatic hydroxyl groups excluding tert-OH is 1. The van der Waals surface area contributed by atoms with Gasteiger partial charge in [0.25, 0.3) is 0 Å². The van der Waals surface area contributed by atoms with Gasteiger partial charge < -0.3 is 20.6 Å². The summed E-state index contributed by atoms with van der Waals surface area (Å²) in [7, 11) is 0. The van der Waals surface area contributed by atoms with Crippen molar-refractivity contribution in [3.05, 3.63) is 23.8 Å². The molecule has 0 aliphatic heterocycles. The average Bonchev–Trinajstić information content (AvgIpc) is 2.25. The van der Waals surface area contributed by atoms with Gasteiger partial charge in [0.1, 0.15) is 11.5 Å². The van der Waals surface area contributed by atoms with E-state index in [-0.39, 0.29) is 23.6 Å². The highest BCUT2D eigenvalue weighted by molar-refractivity contribution is 5.40. The van der Waals surface area contributed by atoms with Crippen molar-refractivity contribution < 1.29 is 15.3 Å². The molecule has 0 spiro atoms. The summed E-state index contributed by atoms with van der Waals surface area (Å²) in [6.45, 7) is 4.29. The minimum atomic E-state index is -0.373. The molecule has 0 saturated heterocycles. The van der Waals surface area contributed by atoms with Crippen molar-refractivity contribution in [3.8, 4) is 11.5 Å². The highest BCUT2D eigenvalue weighted by Gasteiger charge is 2.11. The molecule has 0 heterocycles. The Kier molecular flexibility index (Phi) is 4.58. The highest BCUT2D eigenvalue weighted by Crippen LogP contribution is 2.27. The van der Waals surface area contributed by atoms with Crippen LogP contribution in [0, 0.1) is 0 Å². The molecule has 1 rings (SSSR count). The number of phenolic OH excluding ortho intramolecular Hbond substituents is 2. The highest BCUT2D eigenvalue weighted by atomic mass is 16.3. The van der Waals surface area contributed by atoms with E-state index >= 15 is 0 Å². The number of nitrogens with one attached hydrogen (secondary N) is 1. The summed E-state index contributed by atoms with van der Waals surface area (Å²) < 4.78 is 0. The van der Waals surface area contributed by atoms with Gasteiger partial charge in [-0.05, 0) is 19.4 Å². The first-order chi connectivity index (χ1) is 7.54. The summed E-state index contributed by atoms with van der Waals surface area (Å²) in [6, 6.07) is 4.44. The van der Waals surface area contributed by atoms with E-state index in [2.05, 4.69) is 5.32 Å². The zero-order chi connectivity index (χ0) is 12.1. The van der Waals surface area contributed by atoms with E-state index < -0.39 is 0 Å². The molecule has 1 aromatic carbocycles. The van der Waals surface area contributed by atoms with Gasteiger partial charge in [-0.1, -0.05) is 13.0 Å². The Morgan fingerprint density at radius 1 is 1.31 bits per heavy atom. The number of aromatic hydroxyl groups is 2. The Balaban J connectivity index is 2.62. The molecular weight excluding hydrogens is 206 g/mol. The number of hydrogen-bond donors (Lipinski definition) is 4. The third kappa shape index (κ3) is 3.40. The largest absolute Gasteiger partial charge is 0.508 e. The smallest absolute Gasteiger partial charge is 0.124 e. The van der Waals surface area contributed by atoms with Crippen LogP contribution in [0.3, 0.4) is 0 Å². The van der Waals surface area contributed by atoms with E-state index in [0.717, 1.165) is 0 Å². The summed E-state index contributed by atoms with van der Waals surface area (Å²) in [5.74, 6) is 0.105. The molecule has 4 heteroatoms. The zero-order valence-corrected chi connectivity index (χ0v) is 9.64. The van der Waals surface area contributed by atoms with E-state index in [1.807, 2.05) is 13.8 Å². The van der Waals surface area contributed by atoms with Gasteiger partial charge in [-0.2, -0.15) is 0 Å². The molecule has 4 N–H and O–H groups in total. The second-order valence-corrected chi connectivity index (χ2v) is 3.94. The predicted molar refractivity (Wildman–Crippen MR) is 62.5 cm³/mol. The van der Waals surface area contributed by atoms with E-state index in [0.29, 0.717) is 18.5 Å². The Bertz CT molecular complexity index is 341. The molecule has 4 nitrogen and oxygen atoms in total. The second kappa shape index (κ2) is 5.72. The van der Waals surface area contributed by atoms with Crippen LogP contribution in [-0.4, -0.2) is 28.0 Å². The fourth-order valence-electron chi connectivity index (χ4n) is 1.47. The van der Waals surface area contributed by atoms with Crippen LogP contribution >= 0.6 is 0 Å². The lowest BCUT2D eigenvalue weighted by atomic mass is 10.1. The van der Waals surface area contributed by atoms with Crippen LogP contribution in [0.25, 0.3) is 0 Å². The lowest BCUT2D eigenvalue weighted by Crippen LogP contribution is -2.28. The Morgan fingerprint density at radius 2 is 2.00 bits per heavy atom. The third-order valence-electron chi connectivity index (χ3n) is 2.61. The summed E-state index contributed by atoms with van der Waals surface area (Å²) in [6.07, 6.45) is 0.322. The van der Waals surface area contributed by atoms with Gasteiger partial charge in [0.15, 0.2) is 0 Å². The molecule has 16 heavy (non-hydrogen) atoms. The molecule has 0 bridgehead atoms. The fourth-order valence-corrected chi connectivity index (χ4v) is 1.47. The summed E-state index contributed by atoms with van der Waals surface area (Å²) >= 11 is 0. The molecule has 0 aliphatic rings. The van der Waals surface area contributed by atoms with Crippen molar-refractivity contribution in [2.24, 2.45) is 0 Å². The first-order valence-corrected chi connectivity index (χ1v) is 5.48. The topological polar surface area (TPSA) is 72.7 Å². The molecule has 0 radical (unpaired) electrons. The second-order valence-electron chi connectivity index (χ2n) is 3.94. The van der Waals surface area contributed by atoms with Crippen LogP contribution in [0.2, 0.25) is 0 Å². The first-order valence-electron chi connectivity index (χ1n) is 5.48. The number of rotatable bonds is 5. The minimum Gasteiger partial charge on any atom is -0.508 e. The molecular formula is C12H19NO3. The van der Waals surface area contributed by atoms with E-state index in [4.69, 9.17) is 5.11 Å². The number of aliphatic hydroxyl groups is 1. The summed E-state index contributed by atoms with van der Waals surface area (Å²) in [4.78, 5) is 0. The van der Waals surface area contributed by atoms with Crippen LogP contribution in [0.1, 0.15) is 31.9 Å². The molecule has 0 saturated carbocycles. The van der Waals surface area contributed by atoms with Gasteiger partial charge in [0.05, 0.1) is 6.10 Å². The lowest BCUT2D eigenvalue weighted by molar-refractivity contribution is 0.163. The maximum atomic E-state index is 9.62. The number of phenols is 2. The molecule has 2 unspecified atom stereocenters. The summed E-state index contributed by atoms with van der Waals surface area (Å²) in [5.41, 5.74) is 0.709. The molecule has 0 aliphatic carbocycles. The van der Waals surface area contributed by atoms with Crippen LogP contribution in [-0.2, 0) is 0 Å². The molecule has 0 fully saturated rings. The molecule has 0 amide bonds. The van der Waals surface area contributed by atoms with Crippen molar-refractivity contribution in [3.63, 3.8) is 0 Å². The monoisotopic (exact) mass is 225 g/mol. The van der Waals surface area contributed by atoms with E-state index in [9.17, 15) is 10.2 Å². The molecule has 1 aromatic rings. The van der Waals surface area contributed by atoms with Crippen molar-refractivity contribution >= 4 is 0 Å². The van der Waals surface area contributed by atoms with Crippen molar-refractivity contribution in [2.45, 2.75) is 32.4 Å². The maximum absolute atomic E-state index is 9.62.